The Labute approximate surface area is 115 Å². The summed E-state index contributed by atoms with van der Waals surface area (Å²) in [5.41, 5.74) is -0.649. The van der Waals surface area contributed by atoms with Crippen molar-refractivity contribution in [3.8, 4) is 0 Å². The van der Waals surface area contributed by atoms with Gasteiger partial charge in [-0.05, 0) is 32.0 Å². The van der Waals surface area contributed by atoms with Gasteiger partial charge in [0.05, 0.1) is 12.1 Å². The molecular weight excluding hydrogens is 272 g/mol. The fourth-order valence-corrected chi connectivity index (χ4v) is 2.18. The first-order chi connectivity index (χ1) is 8.84. The van der Waals surface area contributed by atoms with Gasteiger partial charge in [0.1, 0.15) is 0 Å². The second-order valence-electron chi connectivity index (χ2n) is 4.76. The molecule has 1 aromatic rings. The lowest BCUT2D eigenvalue weighted by molar-refractivity contribution is -0.122. The summed E-state index contributed by atoms with van der Waals surface area (Å²) in [4.78, 5) is 12.1. The second-order valence-corrected chi connectivity index (χ2v) is 5.93. The fourth-order valence-electron chi connectivity index (χ4n) is 1.31. The molecule has 0 bridgehead atoms. The zero-order valence-electron chi connectivity index (χ0n) is 10.9. The molecule has 0 aromatic heterocycles. The first-order valence-electron chi connectivity index (χ1n) is 5.84. The molecule has 0 radical (unpaired) electrons. The molecule has 0 saturated carbocycles. The van der Waals surface area contributed by atoms with E-state index in [9.17, 15) is 13.6 Å². The summed E-state index contributed by atoms with van der Waals surface area (Å²) in [6, 6.07) is 3.64. The number of carbonyl (C=O) groups is 1. The molecule has 6 heteroatoms. The summed E-state index contributed by atoms with van der Waals surface area (Å²) in [5, 5.41) is 11.7. The van der Waals surface area contributed by atoms with E-state index >= 15 is 0 Å². The lowest BCUT2D eigenvalue weighted by Crippen LogP contribution is -2.46. The maximum atomic E-state index is 12.9. The van der Waals surface area contributed by atoms with E-state index in [0.717, 1.165) is 12.1 Å². The van der Waals surface area contributed by atoms with Crippen molar-refractivity contribution in [2.75, 3.05) is 12.4 Å². The molecule has 0 aliphatic carbocycles. The van der Waals surface area contributed by atoms with E-state index in [-0.39, 0.29) is 18.9 Å². The number of nitrogens with one attached hydrogen (secondary N) is 1. The first kappa shape index (κ1) is 15.9. The van der Waals surface area contributed by atoms with E-state index in [0.29, 0.717) is 10.6 Å². The van der Waals surface area contributed by atoms with Gasteiger partial charge in [-0.2, -0.15) is 0 Å². The number of rotatable bonds is 6. The Kier molecular flexibility index (Phi) is 5.75. The van der Waals surface area contributed by atoms with Crippen LogP contribution in [0.15, 0.2) is 23.1 Å². The molecule has 106 valence electrons. The zero-order valence-corrected chi connectivity index (χ0v) is 11.7. The molecule has 1 rings (SSSR count). The Morgan fingerprint density at radius 3 is 2.63 bits per heavy atom. The maximum absolute atomic E-state index is 12.9. The van der Waals surface area contributed by atoms with Crippen LogP contribution in [0.1, 0.15) is 20.3 Å². The highest BCUT2D eigenvalue weighted by Gasteiger charge is 2.18. The summed E-state index contributed by atoms with van der Waals surface area (Å²) in [7, 11) is 0. The smallest absolute Gasteiger partial charge is 0.221 e. The van der Waals surface area contributed by atoms with E-state index in [1.165, 1.54) is 17.8 Å². The standard InChI is InChI=1S/C13H17F2NO2S/c1-13(2,8-17)16-12(18)5-6-19-9-3-4-10(14)11(15)7-9/h3-4,7,17H,5-6,8H2,1-2H3,(H,16,18). The van der Waals surface area contributed by atoms with Crippen LogP contribution in [0.25, 0.3) is 0 Å². The minimum atomic E-state index is -0.893. The van der Waals surface area contributed by atoms with Crippen LogP contribution in [0.5, 0.6) is 0 Å². The highest BCUT2D eigenvalue weighted by molar-refractivity contribution is 7.99. The normalized spacial score (nSPS) is 11.4. The molecular formula is C13H17F2NO2S. The lowest BCUT2D eigenvalue weighted by Gasteiger charge is -2.23. The molecule has 0 fully saturated rings. The Morgan fingerprint density at radius 2 is 2.05 bits per heavy atom. The summed E-state index contributed by atoms with van der Waals surface area (Å²) in [6.07, 6.45) is 0.243. The van der Waals surface area contributed by atoms with E-state index in [4.69, 9.17) is 5.11 Å². The lowest BCUT2D eigenvalue weighted by atomic mass is 10.1. The van der Waals surface area contributed by atoms with E-state index < -0.39 is 17.2 Å². The fraction of sp³-hybridized carbons (Fsp3) is 0.462. The molecule has 0 saturated heterocycles. The molecule has 0 atom stereocenters. The third kappa shape index (κ3) is 5.57. The van der Waals surface area contributed by atoms with Crippen LogP contribution in [0.3, 0.4) is 0 Å². The van der Waals surface area contributed by atoms with Crippen LogP contribution in [-0.2, 0) is 4.79 Å². The average molecular weight is 289 g/mol. The predicted octanol–water partition coefficient (Wildman–Crippen LogP) is 2.33. The van der Waals surface area contributed by atoms with Gasteiger partial charge in [0.25, 0.3) is 0 Å². The molecule has 0 aliphatic heterocycles. The molecule has 1 aromatic carbocycles. The third-order valence-corrected chi connectivity index (χ3v) is 3.36. The minimum absolute atomic E-state index is 0.144. The van der Waals surface area contributed by atoms with Crippen molar-refractivity contribution in [1.29, 1.82) is 0 Å². The number of aliphatic hydroxyl groups is 1. The molecule has 19 heavy (non-hydrogen) atoms. The topological polar surface area (TPSA) is 49.3 Å². The van der Waals surface area contributed by atoms with Gasteiger partial charge in [0, 0.05) is 17.1 Å². The van der Waals surface area contributed by atoms with Gasteiger partial charge in [-0.1, -0.05) is 0 Å². The molecule has 0 heterocycles. The molecule has 0 spiro atoms. The van der Waals surface area contributed by atoms with Crippen LogP contribution in [0, 0.1) is 11.6 Å². The number of aliphatic hydroxyl groups excluding tert-OH is 1. The van der Waals surface area contributed by atoms with E-state index in [1.54, 1.807) is 13.8 Å². The zero-order chi connectivity index (χ0) is 14.5. The number of carbonyl (C=O) groups excluding carboxylic acids is 1. The van der Waals surface area contributed by atoms with Gasteiger partial charge >= 0.3 is 0 Å². The van der Waals surface area contributed by atoms with E-state index in [2.05, 4.69) is 5.32 Å². The number of amides is 1. The van der Waals surface area contributed by atoms with Gasteiger partial charge in [-0.25, -0.2) is 8.78 Å². The highest BCUT2D eigenvalue weighted by Crippen LogP contribution is 2.21. The Balaban J connectivity index is 2.38. The molecule has 0 aliphatic rings. The Bertz CT molecular complexity index is 452. The highest BCUT2D eigenvalue weighted by atomic mass is 32.2. The number of thioether (sulfide) groups is 1. The Morgan fingerprint density at radius 1 is 1.37 bits per heavy atom. The van der Waals surface area contributed by atoms with E-state index in [1.807, 2.05) is 0 Å². The van der Waals surface area contributed by atoms with Gasteiger partial charge in [0.15, 0.2) is 11.6 Å². The molecule has 0 unspecified atom stereocenters. The van der Waals surface area contributed by atoms with Crippen LogP contribution in [0.2, 0.25) is 0 Å². The number of halogens is 2. The summed E-state index contributed by atoms with van der Waals surface area (Å²) < 4.78 is 25.6. The van der Waals surface area contributed by atoms with Crippen LogP contribution in [-0.4, -0.2) is 28.9 Å². The second kappa shape index (κ2) is 6.86. The maximum Gasteiger partial charge on any atom is 0.221 e. The number of benzene rings is 1. The van der Waals surface area contributed by atoms with Crippen molar-refractivity contribution in [3.63, 3.8) is 0 Å². The van der Waals surface area contributed by atoms with Gasteiger partial charge in [-0.15, -0.1) is 11.8 Å². The van der Waals surface area contributed by atoms with Gasteiger partial charge in [0.2, 0.25) is 5.91 Å². The van der Waals surface area contributed by atoms with Crippen molar-refractivity contribution in [3.05, 3.63) is 29.8 Å². The average Bonchev–Trinajstić information content (AvgIpc) is 2.33. The third-order valence-electron chi connectivity index (χ3n) is 2.36. The summed E-state index contributed by atoms with van der Waals surface area (Å²) >= 11 is 1.28. The van der Waals surface area contributed by atoms with Crippen molar-refractivity contribution in [2.24, 2.45) is 0 Å². The van der Waals surface area contributed by atoms with Crippen molar-refractivity contribution in [2.45, 2.75) is 30.7 Å². The van der Waals surface area contributed by atoms with Crippen LogP contribution in [0.4, 0.5) is 8.78 Å². The number of hydrogen-bond acceptors (Lipinski definition) is 3. The Hall–Kier alpha value is -1.14. The van der Waals surface area contributed by atoms with Gasteiger partial charge < -0.3 is 10.4 Å². The van der Waals surface area contributed by atoms with Crippen LogP contribution < -0.4 is 5.32 Å². The van der Waals surface area contributed by atoms with Crippen molar-refractivity contribution in [1.82, 2.24) is 5.32 Å². The monoisotopic (exact) mass is 289 g/mol. The molecule has 1 amide bonds. The quantitative estimate of drug-likeness (QED) is 0.790. The van der Waals surface area contributed by atoms with Gasteiger partial charge in [-0.3, -0.25) is 4.79 Å². The SMILES string of the molecule is CC(C)(CO)NC(=O)CCSc1ccc(F)c(F)c1. The van der Waals surface area contributed by atoms with Crippen molar-refractivity contribution < 1.29 is 18.7 Å². The van der Waals surface area contributed by atoms with Crippen molar-refractivity contribution >= 4 is 17.7 Å². The summed E-state index contributed by atoms with van der Waals surface area (Å²) in [5.74, 6) is -1.50. The van der Waals surface area contributed by atoms with Crippen LogP contribution >= 0.6 is 11.8 Å². The molecule has 2 N–H and O–H groups in total. The predicted molar refractivity (Wildman–Crippen MR) is 71.0 cm³/mol. The largest absolute Gasteiger partial charge is 0.394 e. The number of hydrogen-bond donors (Lipinski definition) is 2. The minimum Gasteiger partial charge on any atom is -0.394 e. The summed E-state index contributed by atoms with van der Waals surface area (Å²) in [6.45, 7) is 3.29. The molecule has 3 nitrogen and oxygen atoms in total. The first-order valence-corrected chi connectivity index (χ1v) is 6.82.